The van der Waals surface area contributed by atoms with Crippen molar-refractivity contribution in [1.29, 1.82) is 0 Å². The lowest BCUT2D eigenvalue weighted by Gasteiger charge is -2.13. The monoisotopic (exact) mass is 687 g/mol. The Kier molecular flexibility index (Phi) is 7.81. The lowest BCUT2D eigenvalue weighted by atomic mass is 9.92. The average molecular weight is 688 g/mol. The Morgan fingerprint density at radius 3 is 1.31 bits per heavy atom. The van der Waals surface area contributed by atoms with Crippen LogP contribution in [0.25, 0.3) is 99.9 Å². The molecule has 0 radical (unpaired) electrons. The third-order valence-electron chi connectivity index (χ3n) is 10.3. The number of fused-ring (bicyclic) bond motifs is 4. The molecule has 0 aliphatic heterocycles. The van der Waals surface area contributed by atoms with Gasteiger partial charge in [0, 0.05) is 16.7 Å². The molecule has 10 rings (SSSR count). The fourth-order valence-corrected chi connectivity index (χ4v) is 7.65. The minimum Gasteiger partial charge on any atom is -0.208 e. The van der Waals surface area contributed by atoms with E-state index < -0.39 is 0 Å². The Labute approximate surface area is 313 Å². The first-order valence-electron chi connectivity index (χ1n) is 18.3. The van der Waals surface area contributed by atoms with Crippen LogP contribution in [0.3, 0.4) is 0 Å². The van der Waals surface area contributed by atoms with Gasteiger partial charge in [-0.05, 0) is 90.0 Å². The molecule has 0 saturated heterocycles. The normalized spacial score (nSPS) is 11.3. The Balaban J connectivity index is 1.15. The molecule has 0 aliphatic rings. The maximum atomic E-state index is 5.20. The van der Waals surface area contributed by atoms with E-state index in [2.05, 4.69) is 194 Å². The van der Waals surface area contributed by atoms with Gasteiger partial charge in [-0.3, -0.25) is 0 Å². The van der Waals surface area contributed by atoms with E-state index in [1.54, 1.807) is 0 Å². The zero-order chi connectivity index (χ0) is 35.8. The van der Waals surface area contributed by atoms with E-state index in [0.717, 1.165) is 38.9 Å². The van der Waals surface area contributed by atoms with Gasteiger partial charge in [-0.1, -0.05) is 176 Å². The second-order valence-electron chi connectivity index (χ2n) is 13.6. The first-order chi connectivity index (χ1) is 26.7. The largest absolute Gasteiger partial charge is 0.208 e. The smallest absolute Gasteiger partial charge is 0.164 e. The summed E-state index contributed by atoms with van der Waals surface area (Å²) in [5.74, 6) is 1.89. The van der Waals surface area contributed by atoms with Crippen molar-refractivity contribution < 1.29 is 0 Å². The summed E-state index contributed by atoms with van der Waals surface area (Å²) in [7, 11) is 0. The van der Waals surface area contributed by atoms with Crippen molar-refractivity contribution in [2.45, 2.75) is 0 Å². The van der Waals surface area contributed by atoms with Crippen LogP contribution < -0.4 is 0 Å². The van der Waals surface area contributed by atoms with Crippen molar-refractivity contribution >= 4 is 32.3 Å². The fourth-order valence-electron chi connectivity index (χ4n) is 7.65. The van der Waals surface area contributed by atoms with E-state index in [1.807, 2.05) is 6.07 Å². The van der Waals surface area contributed by atoms with Gasteiger partial charge in [0.15, 0.2) is 17.5 Å². The SMILES string of the molecule is c1ccc(-c2cccc(-c3nc(-c4cccc(-c5cccc6ccccc56)c4)nc(-c4cccc(-c5cc6ccccc6c6ccccc56)c4)n3)c2)cc1. The molecule has 0 N–H and O–H groups in total. The molecule has 0 amide bonds. The summed E-state index contributed by atoms with van der Waals surface area (Å²) in [6.07, 6.45) is 0. The van der Waals surface area contributed by atoms with Gasteiger partial charge in [-0.2, -0.15) is 0 Å². The van der Waals surface area contributed by atoms with Crippen LogP contribution in [-0.4, -0.2) is 15.0 Å². The van der Waals surface area contributed by atoms with Crippen molar-refractivity contribution in [3.63, 3.8) is 0 Å². The van der Waals surface area contributed by atoms with Gasteiger partial charge in [0.25, 0.3) is 0 Å². The maximum absolute atomic E-state index is 5.20. The Morgan fingerprint density at radius 1 is 0.222 bits per heavy atom. The minimum atomic E-state index is 0.627. The van der Waals surface area contributed by atoms with Gasteiger partial charge >= 0.3 is 0 Å². The zero-order valence-corrected chi connectivity index (χ0v) is 29.4. The molecular formula is C51H33N3. The van der Waals surface area contributed by atoms with Gasteiger partial charge in [0.05, 0.1) is 0 Å². The highest BCUT2D eigenvalue weighted by Crippen LogP contribution is 2.37. The maximum Gasteiger partial charge on any atom is 0.164 e. The summed E-state index contributed by atoms with van der Waals surface area (Å²) in [5.41, 5.74) is 9.63. The standard InChI is InChI=1S/C51H33N3/c1-2-14-34(15-3-1)36-19-10-22-40(30-36)49-52-50(41-23-11-20-37(31-41)44-29-13-18-35-16-4-6-25-43(35)44)54-51(53-49)42-24-12-21-38(32-42)48-33-39-17-5-7-26-45(39)46-27-8-9-28-47(46)48/h1-33H. The van der Waals surface area contributed by atoms with E-state index >= 15 is 0 Å². The van der Waals surface area contributed by atoms with Crippen LogP contribution in [0.4, 0.5) is 0 Å². The van der Waals surface area contributed by atoms with E-state index in [9.17, 15) is 0 Å². The second kappa shape index (κ2) is 13.4. The van der Waals surface area contributed by atoms with Gasteiger partial charge in [-0.25, -0.2) is 15.0 Å². The molecule has 0 saturated carbocycles. The van der Waals surface area contributed by atoms with E-state index in [0.29, 0.717) is 17.5 Å². The van der Waals surface area contributed by atoms with Crippen LogP contribution in [0.15, 0.2) is 200 Å². The van der Waals surface area contributed by atoms with Crippen molar-refractivity contribution in [2.75, 3.05) is 0 Å². The third-order valence-corrected chi connectivity index (χ3v) is 10.3. The first-order valence-corrected chi connectivity index (χ1v) is 18.3. The topological polar surface area (TPSA) is 38.7 Å². The molecule has 252 valence electrons. The molecule has 10 aromatic rings. The Morgan fingerprint density at radius 2 is 0.648 bits per heavy atom. The number of benzene rings is 9. The van der Waals surface area contributed by atoms with E-state index in [1.165, 1.54) is 43.4 Å². The molecule has 0 fully saturated rings. The molecule has 0 spiro atoms. The highest BCUT2D eigenvalue weighted by molar-refractivity contribution is 6.13. The van der Waals surface area contributed by atoms with Gasteiger partial charge in [-0.15, -0.1) is 0 Å². The van der Waals surface area contributed by atoms with Gasteiger partial charge in [0.1, 0.15) is 0 Å². The van der Waals surface area contributed by atoms with E-state index in [-0.39, 0.29) is 0 Å². The number of hydrogen-bond acceptors (Lipinski definition) is 3. The number of hydrogen-bond donors (Lipinski definition) is 0. The zero-order valence-electron chi connectivity index (χ0n) is 29.4. The lowest BCUT2D eigenvalue weighted by molar-refractivity contribution is 1.07. The van der Waals surface area contributed by atoms with Crippen LogP contribution in [0.2, 0.25) is 0 Å². The number of aromatic nitrogens is 3. The highest BCUT2D eigenvalue weighted by Gasteiger charge is 2.16. The lowest BCUT2D eigenvalue weighted by Crippen LogP contribution is -2.00. The molecule has 54 heavy (non-hydrogen) atoms. The number of nitrogens with zero attached hydrogens (tertiary/aromatic N) is 3. The molecule has 0 aliphatic carbocycles. The molecule has 3 nitrogen and oxygen atoms in total. The van der Waals surface area contributed by atoms with Crippen LogP contribution in [-0.2, 0) is 0 Å². The van der Waals surface area contributed by atoms with Crippen LogP contribution >= 0.6 is 0 Å². The van der Waals surface area contributed by atoms with Crippen molar-refractivity contribution in [3.8, 4) is 67.5 Å². The summed E-state index contributed by atoms with van der Waals surface area (Å²) in [6, 6.07) is 70.6. The van der Waals surface area contributed by atoms with Gasteiger partial charge in [0.2, 0.25) is 0 Å². The van der Waals surface area contributed by atoms with Gasteiger partial charge < -0.3 is 0 Å². The third kappa shape index (κ3) is 5.78. The molecule has 1 aromatic heterocycles. The first kappa shape index (κ1) is 31.5. The summed E-state index contributed by atoms with van der Waals surface area (Å²) < 4.78 is 0. The summed E-state index contributed by atoms with van der Waals surface area (Å²) in [5, 5.41) is 7.35. The fraction of sp³-hybridized carbons (Fsp3) is 0. The minimum absolute atomic E-state index is 0.627. The molecule has 0 unspecified atom stereocenters. The quantitative estimate of drug-likeness (QED) is 0.163. The number of rotatable bonds is 6. The summed E-state index contributed by atoms with van der Waals surface area (Å²) in [6.45, 7) is 0. The molecule has 0 bridgehead atoms. The molecule has 3 heteroatoms. The molecule has 0 atom stereocenters. The summed E-state index contributed by atoms with van der Waals surface area (Å²) in [4.78, 5) is 15.5. The van der Waals surface area contributed by atoms with E-state index in [4.69, 9.17) is 15.0 Å². The van der Waals surface area contributed by atoms with Crippen LogP contribution in [0.1, 0.15) is 0 Å². The Hall–Kier alpha value is -7.23. The van der Waals surface area contributed by atoms with Crippen molar-refractivity contribution in [1.82, 2.24) is 15.0 Å². The average Bonchev–Trinajstić information content (AvgIpc) is 3.26. The van der Waals surface area contributed by atoms with Crippen LogP contribution in [0, 0.1) is 0 Å². The van der Waals surface area contributed by atoms with Crippen molar-refractivity contribution in [2.24, 2.45) is 0 Å². The second-order valence-corrected chi connectivity index (χ2v) is 13.6. The molecule has 9 aromatic carbocycles. The van der Waals surface area contributed by atoms with Crippen LogP contribution in [0.5, 0.6) is 0 Å². The van der Waals surface area contributed by atoms with Crippen molar-refractivity contribution in [3.05, 3.63) is 200 Å². The predicted molar refractivity (Wildman–Crippen MR) is 225 cm³/mol. The predicted octanol–water partition coefficient (Wildman–Crippen LogP) is 13.3. The molecular weight excluding hydrogens is 655 g/mol. The Bertz CT molecular complexity index is 3000. The summed E-state index contributed by atoms with van der Waals surface area (Å²) >= 11 is 0. The highest BCUT2D eigenvalue weighted by atomic mass is 15.0. The molecule has 1 heterocycles.